The van der Waals surface area contributed by atoms with Crippen LogP contribution in [-0.4, -0.2) is 28.5 Å². The summed E-state index contributed by atoms with van der Waals surface area (Å²) in [5, 5.41) is 4.10. The predicted molar refractivity (Wildman–Crippen MR) is 53.9 cm³/mol. The summed E-state index contributed by atoms with van der Waals surface area (Å²) in [4.78, 5) is 0. The molecule has 1 fully saturated rings. The first-order chi connectivity index (χ1) is 6.75. The van der Waals surface area contributed by atoms with Crippen molar-refractivity contribution in [1.82, 2.24) is 9.78 Å². The molecular formula is C10H17N3O. The van der Waals surface area contributed by atoms with Gasteiger partial charge in [0.2, 0.25) is 0 Å². The molecule has 0 bridgehead atoms. The highest BCUT2D eigenvalue weighted by molar-refractivity contribution is 4.99. The van der Waals surface area contributed by atoms with Gasteiger partial charge < -0.3 is 10.5 Å². The summed E-state index contributed by atoms with van der Waals surface area (Å²) >= 11 is 0. The zero-order valence-electron chi connectivity index (χ0n) is 8.52. The van der Waals surface area contributed by atoms with Crippen LogP contribution in [0.5, 0.6) is 0 Å². The zero-order valence-corrected chi connectivity index (χ0v) is 8.52. The van der Waals surface area contributed by atoms with Gasteiger partial charge in [0.1, 0.15) is 0 Å². The van der Waals surface area contributed by atoms with Crippen molar-refractivity contribution < 1.29 is 4.74 Å². The summed E-state index contributed by atoms with van der Waals surface area (Å²) in [7, 11) is 1.95. The minimum absolute atomic E-state index is 0.372. The summed E-state index contributed by atoms with van der Waals surface area (Å²) in [6.07, 6.45) is 5.19. The maximum atomic E-state index is 5.67. The minimum Gasteiger partial charge on any atom is -0.378 e. The van der Waals surface area contributed by atoms with E-state index in [1.54, 1.807) is 0 Å². The van der Waals surface area contributed by atoms with Gasteiger partial charge in [0.05, 0.1) is 12.7 Å². The Balaban J connectivity index is 1.66. The summed E-state index contributed by atoms with van der Waals surface area (Å²) in [5.41, 5.74) is 6.88. The second-order valence-electron chi connectivity index (χ2n) is 3.92. The molecule has 0 aromatic carbocycles. The molecule has 0 unspecified atom stereocenters. The van der Waals surface area contributed by atoms with Gasteiger partial charge in [0.15, 0.2) is 0 Å². The van der Waals surface area contributed by atoms with E-state index in [2.05, 4.69) is 5.10 Å². The third-order valence-corrected chi connectivity index (χ3v) is 2.77. The average molecular weight is 195 g/mol. The Morgan fingerprint density at radius 2 is 2.43 bits per heavy atom. The molecule has 0 saturated heterocycles. The van der Waals surface area contributed by atoms with Crippen LogP contribution in [-0.2, 0) is 18.2 Å². The van der Waals surface area contributed by atoms with Crippen LogP contribution in [0.4, 0.5) is 0 Å². The first-order valence-corrected chi connectivity index (χ1v) is 5.10. The lowest BCUT2D eigenvalue weighted by molar-refractivity contribution is -0.00709. The summed E-state index contributed by atoms with van der Waals surface area (Å²) in [5.74, 6) is 0. The molecule has 0 aliphatic heterocycles. The second kappa shape index (κ2) is 4.11. The molecule has 1 saturated carbocycles. The van der Waals surface area contributed by atoms with E-state index < -0.39 is 0 Å². The number of aromatic nitrogens is 2. The van der Waals surface area contributed by atoms with E-state index in [0.29, 0.717) is 12.1 Å². The van der Waals surface area contributed by atoms with Crippen LogP contribution in [0.25, 0.3) is 0 Å². The van der Waals surface area contributed by atoms with Crippen LogP contribution in [0.15, 0.2) is 12.3 Å². The highest BCUT2D eigenvalue weighted by Gasteiger charge is 2.26. The Hall–Kier alpha value is -0.870. The molecule has 14 heavy (non-hydrogen) atoms. The highest BCUT2D eigenvalue weighted by Crippen LogP contribution is 2.21. The Kier molecular flexibility index (Phi) is 2.84. The normalized spacial score (nSPS) is 26.1. The Bertz CT molecular complexity index is 291. The largest absolute Gasteiger partial charge is 0.378 e. The summed E-state index contributed by atoms with van der Waals surface area (Å²) in [6.45, 7) is 0.775. The van der Waals surface area contributed by atoms with Crippen LogP contribution in [0.3, 0.4) is 0 Å². The van der Waals surface area contributed by atoms with E-state index in [4.69, 9.17) is 10.5 Å². The molecule has 1 aliphatic rings. The molecule has 1 aromatic heterocycles. The van der Waals surface area contributed by atoms with E-state index in [0.717, 1.165) is 25.9 Å². The first-order valence-electron chi connectivity index (χ1n) is 5.10. The van der Waals surface area contributed by atoms with E-state index >= 15 is 0 Å². The fourth-order valence-electron chi connectivity index (χ4n) is 1.72. The number of hydrogen-bond donors (Lipinski definition) is 1. The molecule has 4 nitrogen and oxygen atoms in total. The molecule has 2 N–H and O–H groups in total. The van der Waals surface area contributed by atoms with Crippen molar-refractivity contribution in [3.63, 3.8) is 0 Å². The molecule has 4 heteroatoms. The van der Waals surface area contributed by atoms with Crippen LogP contribution in [0.2, 0.25) is 0 Å². The van der Waals surface area contributed by atoms with Gasteiger partial charge in [-0.3, -0.25) is 4.68 Å². The van der Waals surface area contributed by atoms with E-state index in [-0.39, 0.29) is 0 Å². The number of aryl methyl sites for hydroxylation is 1. The van der Waals surface area contributed by atoms with Gasteiger partial charge >= 0.3 is 0 Å². The van der Waals surface area contributed by atoms with Gasteiger partial charge in [-0.2, -0.15) is 5.10 Å². The topological polar surface area (TPSA) is 53.1 Å². The van der Waals surface area contributed by atoms with Gasteiger partial charge in [0, 0.05) is 31.4 Å². The molecular weight excluding hydrogens is 178 g/mol. The smallest absolute Gasteiger partial charge is 0.0604 e. The number of rotatable bonds is 4. The molecule has 2 rings (SSSR count). The third kappa shape index (κ3) is 2.13. The van der Waals surface area contributed by atoms with Crippen LogP contribution in [0, 0.1) is 0 Å². The van der Waals surface area contributed by atoms with Gasteiger partial charge in [-0.25, -0.2) is 0 Å². The number of hydrogen-bond acceptors (Lipinski definition) is 3. The lowest BCUT2D eigenvalue weighted by atomic mass is 9.90. The van der Waals surface area contributed by atoms with Crippen molar-refractivity contribution in [1.29, 1.82) is 0 Å². The first kappa shape index (κ1) is 9.68. The summed E-state index contributed by atoms with van der Waals surface area (Å²) < 4.78 is 7.54. The average Bonchev–Trinajstić information content (AvgIpc) is 2.49. The maximum Gasteiger partial charge on any atom is 0.0604 e. The lowest BCUT2D eigenvalue weighted by Crippen LogP contribution is -2.41. The van der Waals surface area contributed by atoms with Gasteiger partial charge in [-0.15, -0.1) is 0 Å². The maximum absolute atomic E-state index is 5.67. The van der Waals surface area contributed by atoms with Crippen LogP contribution < -0.4 is 5.73 Å². The number of nitrogens with two attached hydrogens (primary N) is 1. The lowest BCUT2D eigenvalue weighted by Gasteiger charge is -2.32. The molecule has 0 radical (unpaired) electrons. The number of nitrogens with zero attached hydrogens (tertiary/aromatic N) is 2. The van der Waals surface area contributed by atoms with Crippen molar-refractivity contribution >= 4 is 0 Å². The van der Waals surface area contributed by atoms with Crippen molar-refractivity contribution in [3.8, 4) is 0 Å². The molecule has 78 valence electrons. The quantitative estimate of drug-likeness (QED) is 0.759. The van der Waals surface area contributed by atoms with Gasteiger partial charge in [0.25, 0.3) is 0 Å². The summed E-state index contributed by atoms with van der Waals surface area (Å²) in [6, 6.07) is 2.40. The standard InChI is InChI=1S/C10H17N3O/c1-13-9(2-4-12-13)3-5-14-10-6-8(11)7-10/h2,4,8,10H,3,5-7,11H2,1H3. The van der Waals surface area contributed by atoms with Crippen molar-refractivity contribution in [2.75, 3.05) is 6.61 Å². The van der Waals surface area contributed by atoms with Crippen LogP contribution in [0.1, 0.15) is 18.5 Å². The predicted octanol–water partition coefficient (Wildman–Crippen LogP) is 0.469. The fraction of sp³-hybridized carbons (Fsp3) is 0.700. The molecule has 1 aromatic rings. The van der Waals surface area contributed by atoms with Crippen LogP contribution >= 0.6 is 0 Å². The number of ether oxygens (including phenoxy) is 1. The van der Waals surface area contributed by atoms with E-state index in [1.807, 2.05) is 24.0 Å². The Morgan fingerprint density at radius 3 is 3.00 bits per heavy atom. The van der Waals surface area contributed by atoms with E-state index in [9.17, 15) is 0 Å². The van der Waals surface area contributed by atoms with Crippen molar-refractivity contribution in [2.24, 2.45) is 12.8 Å². The van der Waals surface area contributed by atoms with Crippen molar-refractivity contribution in [2.45, 2.75) is 31.4 Å². The van der Waals surface area contributed by atoms with Gasteiger partial charge in [-0.1, -0.05) is 0 Å². The highest BCUT2D eigenvalue weighted by atomic mass is 16.5. The second-order valence-corrected chi connectivity index (χ2v) is 3.92. The Labute approximate surface area is 84.0 Å². The molecule has 1 heterocycles. The van der Waals surface area contributed by atoms with Gasteiger partial charge in [-0.05, 0) is 18.9 Å². The van der Waals surface area contributed by atoms with E-state index in [1.165, 1.54) is 5.69 Å². The molecule has 0 atom stereocenters. The third-order valence-electron chi connectivity index (χ3n) is 2.77. The molecule has 0 amide bonds. The fourth-order valence-corrected chi connectivity index (χ4v) is 1.72. The Morgan fingerprint density at radius 1 is 1.64 bits per heavy atom. The molecule has 1 aliphatic carbocycles. The SMILES string of the molecule is Cn1nccc1CCOC1CC(N)C1. The minimum atomic E-state index is 0.372. The van der Waals surface area contributed by atoms with Crippen molar-refractivity contribution in [3.05, 3.63) is 18.0 Å². The zero-order chi connectivity index (χ0) is 9.97. The molecule has 0 spiro atoms. The monoisotopic (exact) mass is 195 g/mol.